The average Bonchev–Trinajstić information content (AvgIpc) is 2.60. The van der Waals surface area contributed by atoms with Gasteiger partial charge in [0.05, 0.1) is 13.7 Å². The average molecular weight is 334 g/mol. The largest absolute Gasteiger partial charge is 0.496 e. The molecule has 0 aromatic heterocycles. The van der Waals surface area contributed by atoms with E-state index in [4.69, 9.17) is 4.74 Å². The van der Waals surface area contributed by atoms with Crippen LogP contribution in [0.3, 0.4) is 0 Å². The fourth-order valence-electron chi connectivity index (χ4n) is 2.25. The molecule has 0 aliphatic rings. The number of ether oxygens (including phenoxy) is 1. The minimum Gasteiger partial charge on any atom is -0.496 e. The third kappa shape index (κ3) is 4.76. The lowest BCUT2D eigenvalue weighted by Gasteiger charge is -2.15. The van der Waals surface area contributed by atoms with Crippen molar-refractivity contribution in [2.24, 2.45) is 0 Å². The van der Waals surface area contributed by atoms with E-state index in [0.29, 0.717) is 17.9 Å². The SMILES string of the molecule is COc1ccccc1CNC(=O)CN[C@@H](C)c1ccc(F)c(F)c1. The number of methoxy groups -OCH3 is 1. The van der Waals surface area contributed by atoms with Crippen LogP contribution < -0.4 is 15.4 Å². The van der Waals surface area contributed by atoms with Gasteiger partial charge in [0.1, 0.15) is 5.75 Å². The Labute approximate surface area is 139 Å². The summed E-state index contributed by atoms with van der Waals surface area (Å²) in [6.45, 7) is 2.19. The van der Waals surface area contributed by atoms with Crippen molar-refractivity contribution in [3.05, 3.63) is 65.2 Å². The highest BCUT2D eigenvalue weighted by molar-refractivity contribution is 5.78. The zero-order valence-corrected chi connectivity index (χ0v) is 13.6. The lowest BCUT2D eigenvalue weighted by molar-refractivity contribution is -0.120. The van der Waals surface area contributed by atoms with Crippen LogP contribution in [0.5, 0.6) is 5.75 Å². The van der Waals surface area contributed by atoms with Gasteiger partial charge in [-0.05, 0) is 30.7 Å². The fourth-order valence-corrected chi connectivity index (χ4v) is 2.25. The van der Waals surface area contributed by atoms with E-state index in [1.165, 1.54) is 6.07 Å². The van der Waals surface area contributed by atoms with Crippen molar-refractivity contribution in [2.75, 3.05) is 13.7 Å². The highest BCUT2D eigenvalue weighted by Crippen LogP contribution is 2.17. The fraction of sp³-hybridized carbons (Fsp3) is 0.278. The van der Waals surface area contributed by atoms with Gasteiger partial charge in [-0.1, -0.05) is 24.3 Å². The molecule has 128 valence electrons. The molecule has 0 bridgehead atoms. The molecule has 2 rings (SSSR count). The minimum absolute atomic E-state index is 0.0648. The third-order valence-corrected chi connectivity index (χ3v) is 3.68. The lowest BCUT2D eigenvalue weighted by atomic mass is 10.1. The predicted octanol–water partition coefficient (Wildman–Crippen LogP) is 2.94. The van der Waals surface area contributed by atoms with Gasteiger partial charge in [-0.25, -0.2) is 8.78 Å². The first-order valence-electron chi connectivity index (χ1n) is 7.58. The molecule has 2 N–H and O–H groups in total. The van der Waals surface area contributed by atoms with Crippen molar-refractivity contribution in [3.63, 3.8) is 0 Å². The first-order chi connectivity index (χ1) is 11.5. The van der Waals surface area contributed by atoms with Gasteiger partial charge in [-0.2, -0.15) is 0 Å². The lowest BCUT2D eigenvalue weighted by Crippen LogP contribution is -2.34. The zero-order valence-electron chi connectivity index (χ0n) is 13.6. The van der Waals surface area contributed by atoms with Crippen molar-refractivity contribution >= 4 is 5.91 Å². The van der Waals surface area contributed by atoms with Gasteiger partial charge in [0.15, 0.2) is 11.6 Å². The second kappa shape index (κ2) is 8.40. The van der Waals surface area contributed by atoms with E-state index in [9.17, 15) is 13.6 Å². The second-order valence-electron chi connectivity index (χ2n) is 5.36. The van der Waals surface area contributed by atoms with Crippen molar-refractivity contribution < 1.29 is 18.3 Å². The molecule has 4 nitrogen and oxygen atoms in total. The van der Waals surface area contributed by atoms with Crippen LogP contribution in [0.1, 0.15) is 24.1 Å². The van der Waals surface area contributed by atoms with Crippen molar-refractivity contribution in [3.8, 4) is 5.75 Å². The maximum absolute atomic E-state index is 13.2. The molecule has 0 saturated carbocycles. The Morgan fingerprint density at radius 2 is 1.92 bits per heavy atom. The molecule has 24 heavy (non-hydrogen) atoms. The Morgan fingerprint density at radius 1 is 1.17 bits per heavy atom. The van der Waals surface area contributed by atoms with Crippen LogP contribution in [-0.4, -0.2) is 19.6 Å². The Bertz CT molecular complexity index is 707. The number of hydrogen-bond acceptors (Lipinski definition) is 3. The van der Waals surface area contributed by atoms with E-state index in [0.717, 1.165) is 17.7 Å². The van der Waals surface area contributed by atoms with Gasteiger partial charge in [-0.3, -0.25) is 4.79 Å². The summed E-state index contributed by atoms with van der Waals surface area (Å²) in [5.74, 6) is -1.28. The number of nitrogens with one attached hydrogen (secondary N) is 2. The Balaban J connectivity index is 1.83. The number of amides is 1. The molecule has 0 radical (unpaired) electrons. The molecule has 0 aliphatic carbocycles. The molecule has 0 spiro atoms. The summed E-state index contributed by atoms with van der Waals surface area (Å²) in [5.41, 5.74) is 1.45. The summed E-state index contributed by atoms with van der Waals surface area (Å²) in [6, 6.07) is 10.8. The number of halogens is 2. The molecule has 0 fully saturated rings. The molecule has 1 amide bonds. The first-order valence-corrected chi connectivity index (χ1v) is 7.58. The van der Waals surface area contributed by atoms with Gasteiger partial charge in [0.25, 0.3) is 0 Å². The summed E-state index contributed by atoms with van der Waals surface area (Å²) >= 11 is 0. The zero-order chi connectivity index (χ0) is 17.5. The van der Waals surface area contributed by atoms with Crippen molar-refractivity contribution in [1.82, 2.24) is 10.6 Å². The number of hydrogen-bond donors (Lipinski definition) is 2. The van der Waals surface area contributed by atoms with E-state index >= 15 is 0 Å². The molecule has 0 saturated heterocycles. The van der Waals surface area contributed by atoms with E-state index in [2.05, 4.69) is 10.6 Å². The van der Waals surface area contributed by atoms with Crippen LogP contribution in [0.25, 0.3) is 0 Å². The predicted molar refractivity (Wildman–Crippen MR) is 87.6 cm³/mol. The van der Waals surface area contributed by atoms with E-state index < -0.39 is 11.6 Å². The molecule has 2 aromatic rings. The smallest absolute Gasteiger partial charge is 0.234 e. The Morgan fingerprint density at radius 3 is 2.62 bits per heavy atom. The van der Waals surface area contributed by atoms with Crippen molar-refractivity contribution in [1.29, 1.82) is 0 Å². The number of carbonyl (C=O) groups is 1. The van der Waals surface area contributed by atoms with Crippen LogP contribution in [0.15, 0.2) is 42.5 Å². The van der Waals surface area contributed by atoms with Crippen LogP contribution in [-0.2, 0) is 11.3 Å². The Kier molecular flexibility index (Phi) is 6.26. The summed E-state index contributed by atoms with van der Waals surface area (Å²) in [6.07, 6.45) is 0. The molecule has 0 heterocycles. The van der Waals surface area contributed by atoms with Gasteiger partial charge in [0.2, 0.25) is 5.91 Å². The van der Waals surface area contributed by atoms with Crippen molar-refractivity contribution in [2.45, 2.75) is 19.5 Å². The van der Waals surface area contributed by atoms with E-state index in [1.807, 2.05) is 24.3 Å². The summed E-state index contributed by atoms with van der Waals surface area (Å²) in [7, 11) is 1.58. The highest BCUT2D eigenvalue weighted by Gasteiger charge is 2.11. The number of benzene rings is 2. The molecular weight excluding hydrogens is 314 g/mol. The van der Waals surface area contributed by atoms with Crippen LogP contribution in [0.4, 0.5) is 8.78 Å². The van der Waals surface area contributed by atoms with Gasteiger partial charge in [-0.15, -0.1) is 0 Å². The molecule has 2 aromatic carbocycles. The molecule has 0 aliphatic heterocycles. The summed E-state index contributed by atoms with van der Waals surface area (Å²) < 4.78 is 31.4. The number of rotatable bonds is 7. The maximum atomic E-state index is 13.2. The molecule has 0 unspecified atom stereocenters. The van der Waals surface area contributed by atoms with Gasteiger partial charge < -0.3 is 15.4 Å². The standard InChI is InChI=1S/C18H20F2N2O2/c1-12(13-7-8-15(19)16(20)9-13)21-11-18(23)22-10-14-5-3-4-6-17(14)24-2/h3-9,12,21H,10-11H2,1-2H3,(H,22,23)/t12-/m0/s1. The van der Waals surface area contributed by atoms with Gasteiger partial charge in [0, 0.05) is 18.2 Å². The highest BCUT2D eigenvalue weighted by atomic mass is 19.2. The third-order valence-electron chi connectivity index (χ3n) is 3.68. The van der Waals surface area contributed by atoms with Gasteiger partial charge >= 0.3 is 0 Å². The minimum atomic E-state index is -0.901. The monoisotopic (exact) mass is 334 g/mol. The summed E-state index contributed by atoms with van der Waals surface area (Å²) in [4.78, 5) is 11.9. The second-order valence-corrected chi connectivity index (χ2v) is 5.36. The van der Waals surface area contributed by atoms with E-state index in [1.54, 1.807) is 14.0 Å². The number of carbonyl (C=O) groups excluding carboxylic acids is 1. The molecule has 6 heteroatoms. The molecule has 1 atom stereocenters. The topological polar surface area (TPSA) is 50.4 Å². The number of para-hydroxylation sites is 1. The van der Waals surface area contributed by atoms with Crippen LogP contribution in [0.2, 0.25) is 0 Å². The first kappa shape index (κ1) is 17.9. The molecular formula is C18H20F2N2O2. The van der Waals surface area contributed by atoms with Crippen LogP contribution in [0, 0.1) is 11.6 Å². The maximum Gasteiger partial charge on any atom is 0.234 e. The quantitative estimate of drug-likeness (QED) is 0.818. The normalized spacial score (nSPS) is 11.8. The van der Waals surface area contributed by atoms with Crippen LogP contribution >= 0.6 is 0 Å². The Hall–Kier alpha value is -2.47. The summed E-state index contributed by atoms with van der Waals surface area (Å²) in [5, 5.41) is 5.76. The van der Waals surface area contributed by atoms with E-state index in [-0.39, 0.29) is 18.5 Å².